The quantitative estimate of drug-likeness (QED) is 0.473. The second-order valence-corrected chi connectivity index (χ2v) is 7.41. The van der Waals surface area contributed by atoms with Crippen LogP contribution < -0.4 is 10.5 Å². The van der Waals surface area contributed by atoms with Gasteiger partial charge in [0.2, 0.25) is 0 Å². The molecule has 1 amide bonds. The topological polar surface area (TPSA) is 55.2 Å². The lowest BCUT2D eigenvalue weighted by atomic mass is 10.1. The summed E-state index contributed by atoms with van der Waals surface area (Å²) in [6.07, 6.45) is 0. The number of hydrogen-bond acceptors (Lipinski definition) is 3. The van der Waals surface area contributed by atoms with Crippen LogP contribution in [-0.2, 0) is 13.1 Å². The molecular formula is C26H23N3O2. The number of nitrogens with zero attached hydrogens (tertiary/aromatic N) is 3. The van der Waals surface area contributed by atoms with Gasteiger partial charge in [0.25, 0.3) is 11.5 Å². The van der Waals surface area contributed by atoms with Crippen LogP contribution in [0.5, 0.6) is 0 Å². The maximum absolute atomic E-state index is 13.5. The molecule has 0 unspecified atom stereocenters. The van der Waals surface area contributed by atoms with Gasteiger partial charge in [0.15, 0.2) is 0 Å². The van der Waals surface area contributed by atoms with E-state index in [1.165, 1.54) is 16.8 Å². The number of amides is 1. The van der Waals surface area contributed by atoms with Gasteiger partial charge in [-0.1, -0.05) is 78.4 Å². The predicted octanol–water partition coefficient (Wildman–Crippen LogP) is 4.45. The molecular weight excluding hydrogens is 386 g/mol. The lowest BCUT2D eigenvalue weighted by molar-refractivity contribution is 0.0978. The SMILES string of the molecule is Cc1ccc(Cn2nc(C(=O)N(Cc3ccccc3)c3ccccc3)ccc2=O)cc1. The van der Waals surface area contributed by atoms with E-state index in [2.05, 4.69) is 5.10 Å². The summed E-state index contributed by atoms with van der Waals surface area (Å²) in [6, 6.07) is 30.1. The highest BCUT2D eigenvalue weighted by Crippen LogP contribution is 2.19. The monoisotopic (exact) mass is 409 g/mol. The van der Waals surface area contributed by atoms with Crippen molar-refractivity contribution in [1.29, 1.82) is 0 Å². The molecule has 0 radical (unpaired) electrons. The van der Waals surface area contributed by atoms with Crippen LogP contribution in [0.2, 0.25) is 0 Å². The highest BCUT2D eigenvalue weighted by atomic mass is 16.2. The van der Waals surface area contributed by atoms with Crippen molar-refractivity contribution >= 4 is 11.6 Å². The van der Waals surface area contributed by atoms with Gasteiger partial charge in [-0.05, 0) is 36.2 Å². The molecule has 31 heavy (non-hydrogen) atoms. The van der Waals surface area contributed by atoms with Crippen LogP contribution in [0.4, 0.5) is 5.69 Å². The van der Waals surface area contributed by atoms with Gasteiger partial charge in [-0.25, -0.2) is 4.68 Å². The largest absolute Gasteiger partial charge is 0.303 e. The predicted molar refractivity (Wildman–Crippen MR) is 122 cm³/mol. The summed E-state index contributed by atoms with van der Waals surface area (Å²) in [5, 5.41) is 4.39. The minimum atomic E-state index is -0.257. The molecule has 1 heterocycles. The van der Waals surface area contributed by atoms with E-state index in [1.807, 2.05) is 91.9 Å². The Morgan fingerprint density at radius 2 is 1.45 bits per heavy atom. The molecule has 4 rings (SSSR count). The zero-order valence-electron chi connectivity index (χ0n) is 17.3. The number of benzene rings is 3. The Bertz CT molecular complexity index is 1220. The lowest BCUT2D eigenvalue weighted by Gasteiger charge is -2.23. The lowest BCUT2D eigenvalue weighted by Crippen LogP contribution is -2.33. The molecule has 0 atom stereocenters. The number of rotatable bonds is 6. The molecule has 3 aromatic carbocycles. The fourth-order valence-electron chi connectivity index (χ4n) is 3.34. The molecule has 0 N–H and O–H groups in total. The van der Waals surface area contributed by atoms with E-state index in [0.717, 1.165) is 22.4 Å². The summed E-state index contributed by atoms with van der Waals surface area (Å²) >= 11 is 0. The first-order valence-corrected chi connectivity index (χ1v) is 10.1. The third kappa shape index (κ3) is 4.95. The molecule has 154 valence electrons. The van der Waals surface area contributed by atoms with Crippen LogP contribution in [0.15, 0.2) is 102 Å². The first-order valence-electron chi connectivity index (χ1n) is 10.1. The van der Waals surface area contributed by atoms with Crippen molar-refractivity contribution in [2.75, 3.05) is 4.90 Å². The van der Waals surface area contributed by atoms with E-state index in [1.54, 1.807) is 4.90 Å². The maximum atomic E-state index is 13.5. The minimum absolute atomic E-state index is 0.228. The second kappa shape index (κ2) is 9.22. The third-order valence-electron chi connectivity index (χ3n) is 5.04. The molecule has 0 saturated heterocycles. The van der Waals surface area contributed by atoms with Gasteiger partial charge in [0.1, 0.15) is 5.69 Å². The molecule has 5 nitrogen and oxygen atoms in total. The van der Waals surface area contributed by atoms with Gasteiger partial charge < -0.3 is 4.90 Å². The smallest absolute Gasteiger partial charge is 0.279 e. The minimum Gasteiger partial charge on any atom is -0.303 e. The fourth-order valence-corrected chi connectivity index (χ4v) is 3.34. The number of anilines is 1. The summed E-state index contributed by atoms with van der Waals surface area (Å²) in [5.41, 5.74) is 3.86. The molecule has 1 aromatic heterocycles. The molecule has 0 saturated carbocycles. The van der Waals surface area contributed by atoms with Crippen LogP contribution in [0.3, 0.4) is 0 Å². The van der Waals surface area contributed by atoms with Gasteiger partial charge in [-0.15, -0.1) is 0 Å². The average molecular weight is 409 g/mol. The number of carbonyl (C=O) groups excluding carboxylic acids is 1. The normalized spacial score (nSPS) is 10.6. The van der Waals surface area contributed by atoms with E-state index in [9.17, 15) is 9.59 Å². The van der Waals surface area contributed by atoms with Crippen molar-refractivity contribution in [2.45, 2.75) is 20.0 Å². The third-order valence-corrected chi connectivity index (χ3v) is 5.04. The first-order chi connectivity index (χ1) is 15.1. The zero-order valence-corrected chi connectivity index (χ0v) is 17.3. The van der Waals surface area contributed by atoms with Crippen LogP contribution in [0.25, 0.3) is 0 Å². The Kier molecular flexibility index (Phi) is 6.03. The Hall–Kier alpha value is -3.99. The van der Waals surface area contributed by atoms with Crippen LogP contribution in [0, 0.1) is 6.92 Å². The summed E-state index contributed by atoms with van der Waals surface area (Å²) in [4.78, 5) is 27.5. The van der Waals surface area contributed by atoms with Crippen molar-refractivity contribution in [3.63, 3.8) is 0 Å². The van der Waals surface area contributed by atoms with E-state index < -0.39 is 0 Å². The van der Waals surface area contributed by atoms with Crippen molar-refractivity contribution in [3.8, 4) is 0 Å². The van der Waals surface area contributed by atoms with E-state index >= 15 is 0 Å². The van der Waals surface area contributed by atoms with Crippen LogP contribution in [0.1, 0.15) is 27.2 Å². The number of carbonyl (C=O) groups is 1. The van der Waals surface area contributed by atoms with Gasteiger partial charge in [0, 0.05) is 11.8 Å². The molecule has 0 fully saturated rings. The van der Waals surface area contributed by atoms with Gasteiger partial charge in [-0.3, -0.25) is 9.59 Å². The summed E-state index contributed by atoms with van der Waals surface area (Å²) in [7, 11) is 0. The van der Waals surface area contributed by atoms with E-state index in [0.29, 0.717) is 13.1 Å². The summed E-state index contributed by atoms with van der Waals surface area (Å²) < 4.78 is 1.34. The summed E-state index contributed by atoms with van der Waals surface area (Å²) in [6.45, 7) is 2.73. The Morgan fingerprint density at radius 3 is 2.13 bits per heavy atom. The highest BCUT2D eigenvalue weighted by molar-refractivity contribution is 6.04. The van der Waals surface area contributed by atoms with Crippen LogP contribution >= 0.6 is 0 Å². The molecule has 0 bridgehead atoms. The summed E-state index contributed by atoms with van der Waals surface area (Å²) in [5.74, 6) is -0.257. The standard InChI is InChI=1S/C26H23N3O2/c1-20-12-14-22(15-13-20)19-29-25(30)17-16-24(27-29)26(31)28(23-10-6-3-7-11-23)18-21-8-4-2-5-9-21/h2-17H,18-19H2,1H3. The maximum Gasteiger partial charge on any atom is 0.279 e. The van der Waals surface area contributed by atoms with Crippen molar-refractivity contribution in [3.05, 3.63) is 130 Å². The Morgan fingerprint density at radius 1 is 0.806 bits per heavy atom. The van der Waals surface area contributed by atoms with Crippen molar-refractivity contribution < 1.29 is 4.79 Å². The Balaban J connectivity index is 1.66. The first kappa shape index (κ1) is 20.3. The van der Waals surface area contributed by atoms with Gasteiger partial charge >= 0.3 is 0 Å². The fraction of sp³-hybridized carbons (Fsp3) is 0.115. The molecule has 4 aromatic rings. The number of para-hydroxylation sites is 1. The van der Waals surface area contributed by atoms with E-state index in [4.69, 9.17) is 0 Å². The Labute approximate surface area is 181 Å². The second-order valence-electron chi connectivity index (χ2n) is 7.41. The number of hydrogen-bond donors (Lipinski definition) is 0. The average Bonchev–Trinajstić information content (AvgIpc) is 2.81. The van der Waals surface area contributed by atoms with Crippen molar-refractivity contribution in [2.24, 2.45) is 0 Å². The molecule has 0 aliphatic carbocycles. The number of aryl methyl sites for hydroxylation is 1. The molecule has 0 aliphatic heterocycles. The molecule has 0 aliphatic rings. The molecule has 0 spiro atoms. The zero-order chi connectivity index (χ0) is 21.6. The highest BCUT2D eigenvalue weighted by Gasteiger charge is 2.20. The number of aromatic nitrogens is 2. The van der Waals surface area contributed by atoms with Crippen LogP contribution in [-0.4, -0.2) is 15.7 Å². The van der Waals surface area contributed by atoms with Crippen molar-refractivity contribution in [1.82, 2.24) is 9.78 Å². The van der Waals surface area contributed by atoms with Gasteiger partial charge in [-0.2, -0.15) is 5.10 Å². The van der Waals surface area contributed by atoms with E-state index in [-0.39, 0.29) is 17.2 Å². The van der Waals surface area contributed by atoms with Gasteiger partial charge in [0.05, 0.1) is 13.1 Å². The molecule has 5 heteroatoms.